The number of nitrogens with zero attached hydrogens (tertiary/aromatic N) is 2. The van der Waals surface area contributed by atoms with Crippen LogP contribution < -0.4 is 10.1 Å². The first kappa shape index (κ1) is 15.2. The summed E-state index contributed by atoms with van der Waals surface area (Å²) in [6, 6.07) is 8.01. The molecule has 3 aromatic rings. The topological polar surface area (TPSA) is 56.1 Å². The van der Waals surface area contributed by atoms with Gasteiger partial charge in [-0.3, -0.25) is 4.79 Å². The molecule has 1 aromatic carbocycles. The SMILES string of the molecule is COc1ccc2c(ccn2CCC(=O)Nc2nc3c(s2)CCC3)c1. The maximum Gasteiger partial charge on any atom is 0.227 e. The van der Waals surface area contributed by atoms with Gasteiger partial charge in [0.2, 0.25) is 5.91 Å². The number of benzene rings is 1. The summed E-state index contributed by atoms with van der Waals surface area (Å²) in [5, 5.41) is 4.79. The first-order chi connectivity index (χ1) is 11.7. The van der Waals surface area contributed by atoms with Crippen molar-refractivity contribution < 1.29 is 9.53 Å². The number of methoxy groups -OCH3 is 1. The van der Waals surface area contributed by atoms with Gasteiger partial charge in [-0.2, -0.15) is 0 Å². The zero-order valence-electron chi connectivity index (χ0n) is 13.5. The zero-order valence-corrected chi connectivity index (χ0v) is 14.4. The predicted octanol–water partition coefficient (Wildman–Crippen LogP) is 3.62. The molecule has 1 N–H and O–H groups in total. The van der Waals surface area contributed by atoms with Crippen LogP contribution in [0.2, 0.25) is 0 Å². The van der Waals surface area contributed by atoms with E-state index >= 15 is 0 Å². The van der Waals surface area contributed by atoms with Crippen LogP contribution in [-0.2, 0) is 24.2 Å². The highest BCUT2D eigenvalue weighted by Crippen LogP contribution is 2.30. The molecule has 0 bridgehead atoms. The molecule has 0 spiro atoms. The number of aromatic nitrogens is 2. The summed E-state index contributed by atoms with van der Waals surface area (Å²) in [5.41, 5.74) is 2.28. The molecule has 0 fully saturated rings. The number of fused-ring (bicyclic) bond motifs is 2. The lowest BCUT2D eigenvalue weighted by Crippen LogP contribution is -2.14. The summed E-state index contributed by atoms with van der Waals surface area (Å²) in [6.07, 6.45) is 5.77. The van der Waals surface area contributed by atoms with Crippen molar-refractivity contribution in [3.63, 3.8) is 0 Å². The van der Waals surface area contributed by atoms with Gasteiger partial charge in [-0.25, -0.2) is 4.98 Å². The third-order valence-corrected chi connectivity index (χ3v) is 5.47. The quantitative estimate of drug-likeness (QED) is 0.771. The van der Waals surface area contributed by atoms with Crippen molar-refractivity contribution >= 4 is 33.3 Å². The van der Waals surface area contributed by atoms with Gasteiger partial charge in [-0.05, 0) is 43.5 Å². The van der Waals surface area contributed by atoms with Crippen LogP contribution in [0.5, 0.6) is 5.75 Å². The molecule has 1 aliphatic carbocycles. The molecule has 0 radical (unpaired) electrons. The molecule has 6 heteroatoms. The molecular weight excluding hydrogens is 322 g/mol. The number of hydrogen-bond donors (Lipinski definition) is 1. The monoisotopic (exact) mass is 341 g/mol. The highest BCUT2D eigenvalue weighted by atomic mass is 32.1. The Morgan fingerprint density at radius 2 is 2.29 bits per heavy atom. The zero-order chi connectivity index (χ0) is 16.5. The summed E-state index contributed by atoms with van der Waals surface area (Å²) >= 11 is 1.62. The maximum atomic E-state index is 12.2. The first-order valence-electron chi connectivity index (χ1n) is 8.14. The standard InChI is InChI=1S/C18H19N3O2S/c1-23-13-5-6-15-12(11-13)7-9-21(15)10-8-17(22)20-18-19-14-3-2-4-16(14)24-18/h5-7,9,11H,2-4,8,10H2,1H3,(H,19,20,22). The average Bonchev–Trinajstić information content (AvgIpc) is 3.26. The second-order valence-electron chi connectivity index (χ2n) is 5.97. The van der Waals surface area contributed by atoms with Gasteiger partial charge in [0.05, 0.1) is 12.8 Å². The summed E-state index contributed by atoms with van der Waals surface area (Å²) in [4.78, 5) is 18.0. The molecule has 0 saturated carbocycles. The fourth-order valence-electron chi connectivity index (χ4n) is 3.15. The van der Waals surface area contributed by atoms with Gasteiger partial charge in [0.25, 0.3) is 0 Å². The van der Waals surface area contributed by atoms with Crippen molar-refractivity contribution in [2.24, 2.45) is 0 Å². The minimum absolute atomic E-state index is 0.0118. The second kappa shape index (κ2) is 6.28. The van der Waals surface area contributed by atoms with Crippen molar-refractivity contribution in [2.45, 2.75) is 32.2 Å². The summed E-state index contributed by atoms with van der Waals surface area (Å²) in [6.45, 7) is 0.646. The van der Waals surface area contributed by atoms with Crippen molar-refractivity contribution in [3.05, 3.63) is 41.0 Å². The van der Waals surface area contributed by atoms with Gasteiger partial charge >= 0.3 is 0 Å². The van der Waals surface area contributed by atoms with E-state index in [-0.39, 0.29) is 5.91 Å². The van der Waals surface area contributed by atoms with Gasteiger partial charge in [-0.1, -0.05) is 0 Å². The van der Waals surface area contributed by atoms with Crippen LogP contribution in [0.1, 0.15) is 23.4 Å². The Morgan fingerprint density at radius 1 is 1.38 bits per heavy atom. The van der Waals surface area contributed by atoms with E-state index in [0.29, 0.717) is 13.0 Å². The second-order valence-corrected chi connectivity index (χ2v) is 7.06. The van der Waals surface area contributed by atoms with E-state index in [1.807, 2.05) is 30.5 Å². The maximum absolute atomic E-state index is 12.2. The van der Waals surface area contributed by atoms with Gasteiger partial charge in [-0.15, -0.1) is 11.3 Å². The third kappa shape index (κ3) is 2.89. The summed E-state index contributed by atoms with van der Waals surface area (Å²) in [7, 11) is 1.66. The number of ether oxygens (including phenoxy) is 1. The fraction of sp³-hybridized carbons (Fsp3) is 0.333. The number of nitrogens with one attached hydrogen (secondary N) is 1. The number of anilines is 1. The van der Waals surface area contributed by atoms with Crippen molar-refractivity contribution in [1.29, 1.82) is 0 Å². The normalized spacial score (nSPS) is 13.2. The largest absolute Gasteiger partial charge is 0.497 e. The van der Waals surface area contributed by atoms with Crippen LogP contribution in [0.3, 0.4) is 0 Å². The number of carbonyl (C=O) groups is 1. The van der Waals surface area contributed by atoms with Gasteiger partial charge in [0, 0.05) is 34.9 Å². The molecule has 0 aliphatic heterocycles. The molecule has 0 atom stereocenters. The number of hydrogen-bond acceptors (Lipinski definition) is 4. The molecule has 0 unspecified atom stereocenters. The molecule has 0 saturated heterocycles. The number of rotatable bonds is 5. The molecule has 1 amide bonds. The van der Waals surface area contributed by atoms with E-state index in [2.05, 4.69) is 14.9 Å². The minimum atomic E-state index is 0.0118. The van der Waals surface area contributed by atoms with Gasteiger partial charge in [0.1, 0.15) is 5.75 Å². The van der Waals surface area contributed by atoms with E-state index in [4.69, 9.17) is 4.74 Å². The van der Waals surface area contributed by atoms with Gasteiger partial charge < -0.3 is 14.6 Å². The molecule has 2 heterocycles. The Labute approximate surface area is 144 Å². The smallest absolute Gasteiger partial charge is 0.227 e. The molecule has 4 rings (SSSR count). The van der Waals surface area contributed by atoms with E-state index in [0.717, 1.165) is 34.6 Å². The first-order valence-corrected chi connectivity index (χ1v) is 8.96. The van der Waals surface area contributed by atoms with E-state index in [1.165, 1.54) is 17.0 Å². The predicted molar refractivity (Wildman–Crippen MR) is 95.9 cm³/mol. The molecular formula is C18H19N3O2S. The lowest BCUT2D eigenvalue weighted by atomic mass is 10.2. The Hall–Kier alpha value is -2.34. The van der Waals surface area contributed by atoms with Crippen molar-refractivity contribution in [2.75, 3.05) is 12.4 Å². The van der Waals surface area contributed by atoms with Crippen LogP contribution in [0.4, 0.5) is 5.13 Å². The number of carbonyl (C=O) groups excluding carboxylic acids is 1. The highest BCUT2D eigenvalue weighted by Gasteiger charge is 2.17. The Bertz CT molecular complexity index is 875. The van der Waals surface area contributed by atoms with E-state index in [1.54, 1.807) is 18.4 Å². The molecule has 5 nitrogen and oxygen atoms in total. The summed E-state index contributed by atoms with van der Waals surface area (Å²) in [5.74, 6) is 0.854. The van der Waals surface area contributed by atoms with E-state index in [9.17, 15) is 4.79 Å². The van der Waals surface area contributed by atoms with Crippen molar-refractivity contribution in [1.82, 2.24) is 9.55 Å². The average molecular weight is 341 g/mol. The number of thiazole rings is 1. The van der Waals surface area contributed by atoms with E-state index < -0.39 is 0 Å². The Kier molecular flexibility index (Phi) is 3.98. The fourth-order valence-corrected chi connectivity index (χ4v) is 4.21. The van der Waals surface area contributed by atoms with Crippen LogP contribution in [0, 0.1) is 0 Å². The lowest BCUT2D eigenvalue weighted by molar-refractivity contribution is -0.116. The third-order valence-electron chi connectivity index (χ3n) is 4.40. The highest BCUT2D eigenvalue weighted by molar-refractivity contribution is 7.15. The lowest BCUT2D eigenvalue weighted by Gasteiger charge is -2.06. The van der Waals surface area contributed by atoms with Crippen LogP contribution in [0.25, 0.3) is 10.9 Å². The van der Waals surface area contributed by atoms with Crippen molar-refractivity contribution in [3.8, 4) is 5.75 Å². The molecule has 24 heavy (non-hydrogen) atoms. The number of amides is 1. The Morgan fingerprint density at radius 3 is 3.12 bits per heavy atom. The molecule has 2 aromatic heterocycles. The summed E-state index contributed by atoms with van der Waals surface area (Å²) < 4.78 is 7.34. The van der Waals surface area contributed by atoms with Crippen LogP contribution >= 0.6 is 11.3 Å². The molecule has 124 valence electrons. The number of aryl methyl sites for hydroxylation is 3. The van der Waals surface area contributed by atoms with Crippen LogP contribution in [0.15, 0.2) is 30.5 Å². The molecule has 1 aliphatic rings. The Balaban J connectivity index is 1.40. The van der Waals surface area contributed by atoms with Gasteiger partial charge in [0.15, 0.2) is 5.13 Å². The van der Waals surface area contributed by atoms with Crippen LogP contribution in [-0.4, -0.2) is 22.6 Å². The minimum Gasteiger partial charge on any atom is -0.497 e.